The lowest BCUT2D eigenvalue weighted by molar-refractivity contribution is 0.158. The number of hydrogen-bond donors (Lipinski definition) is 0. The Bertz CT molecular complexity index is 807. The first-order valence-corrected chi connectivity index (χ1v) is 11.9. The Morgan fingerprint density at radius 3 is 2.37 bits per heavy atom. The van der Waals surface area contributed by atoms with Gasteiger partial charge < -0.3 is 4.90 Å². The summed E-state index contributed by atoms with van der Waals surface area (Å²) in [6.07, 6.45) is 7.77. The van der Waals surface area contributed by atoms with E-state index in [-0.39, 0.29) is 5.41 Å². The third-order valence-electron chi connectivity index (χ3n) is 6.98. The van der Waals surface area contributed by atoms with Gasteiger partial charge in [-0.05, 0) is 81.2 Å². The van der Waals surface area contributed by atoms with Crippen molar-refractivity contribution < 1.29 is 0 Å². The van der Waals surface area contributed by atoms with Gasteiger partial charge in [-0.1, -0.05) is 67.4 Å². The maximum absolute atomic E-state index is 10.3. The van der Waals surface area contributed by atoms with Crippen molar-refractivity contribution in [3.05, 3.63) is 70.7 Å². The Kier molecular flexibility index (Phi) is 8.37. The Morgan fingerprint density at radius 1 is 1.10 bits per heavy atom. The Hall–Kier alpha value is -1.82. The number of benzene rings is 2. The zero-order chi connectivity index (χ0) is 21.4. The first-order chi connectivity index (χ1) is 14.6. The maximum Gasteiger partial charge on any atom is 0.0851 e. The van der Waals surface area contributed by atoms with E-state index in [0.717, 1.165) is 62.2 Å². The van der Waals surface area contributed by atoms with Gasteiger partial charge in [0.2, 0.25) is 0 Å². The summed E-state index contributed by atoms with van der Waals surface area (Å²) in [5, 5.41) is 11.1. The minimum atomic E-state index is -0.381. The molecule has 1 aliphatic rings. The molecule has 1 saturated carbocycles. The fourth-order valence-corrected chi connectivity index (χ4v) is 4.95. The molecule has 2 aromatic rings. The van der Waals surface area contributed by atoms with Crippen molar-refractivity contribution in [2.45, 2.75) is 70.3 Å². The molecule has 0 N–H and O–H groups in total. The molecule has 2 aromatic carbocycles. The molecule has 2 nitrogen and oxygen atoms in total. The van der Waals surface area contributed by atoms with Gasteiger partial charge in [0.05, 0.1) is 11.5 Å². The highest BCUT2D eigenvalue weighted by atomic mass is 35.5. The summed E-state index contributed by atoms with van der Waals surface area (Å²) in [7, 11) is 0. The number of nitriles is 1. The van der Waals surface area contributed by atoms with Crippen LogP contribution in [0.5, 0.6) is 0 Å². The topological polar surface area (TPSA) is 27.0 Å². The quantitative estimate of drug-likeness (QED) is 0.388. The predicted molar refractivity (Wildman–Crippen MR) is 127 cm³/mol. The van der Waals surface area contributed by atoms with Crippen LogP contribution < -0.4 is 0 Å². The van der Waals surface area contributed by atoms with E-state index in [9.17, 15) is 5.26 Å². The van der Waals surface area contributed by atoms with Gasteiger partial charge >= 0.3 is 0 Å². The van der Waals surface area contributed by atoms with Crippen LogP contribution >= 0.6 is 11.6 Å². The van der Waals surface area contributed by atoms with Crippen LogP contribution in [-0.2, 0) is 11.8 Å². The normalized spacial score (nSPS) is 17.2. The highest BCUT2D eigenvalue weighted by molar-refractivity contribution is 6.30. The van der Waals surface area contributed by atoms with Crippen LogP contribution in [0.25, 0.3) is 0 Å². The molecule has 0 amide bonds. The Morgan fingerprint density at radius 2 is 1.80 bits per heavy atom. The van der Waals surface area contributed by atoms with Gasteiger partial charge in [-0.25, -0.2) is 0 Å². The van der Waals surface area contributed by atoms with E-state index in [1.165, 1.54) is 12.0 Å². The predicted octanol–water partition coefficient (Wildman–Crippen LogP) is 7.02. The number of halogens is 1. The zero-order valence-electron chi connectivity index (χ0n) is 18.5. The highest BCUT2D eigenvalue weighted by Crippen LogP contribution is 2.47. The van der Waals surface area contributed by atoms with Gasteiger partial charge in [0.1, 0.15) is 0 Å². The molecule has 3 rings (SSSR count). The van der Waals surface area contributed by atoms with E-state index in [1.54, 1.807) is 0 Å². The third kappa shape index (κ3) is 5.45. The Labute approximate surface area is 187 Å². The van der Waals surface area contributed by atoms with Crippen molar-refractivity contribution in [2.24, 2.45) is 5.92 Å². The van der Waals surface area contributed by atoms with E-state index in [1.807, 2.05) is 12.1 Å². The fraction of sp³-hybridized carbons (Fsp3) is 0.519. The zero-order valence-corrected chi connectivity index (χ0v) is 19.2. The summed E-state index contributed by atoms with van der Waals surface area (Å²) < 4.78 is 0. The molecule has 1 fully saturated rings. The van der Waals surface area contributed by atoms with E-state index in [4.69, 9.17) is 11.6 Å². The largest absolute Gasteiger partial charge is 0.300 e. The second-order valence-corrected chi connectivity index (χ2v) is 9.31. The molecular formula is C27H35ClN2. The van der Waals surface area contributed by atoms with E-state index < -0.39 is 0 Å². The molecule has 1 aliphatic carbocycles. The molecule has 0 radical (unpaired) electrons. The first-order valence-electron chi connectivity index (χ1n) is 11.5. The summed E-state index contributed by atoms with van der Waals surface area (Å²) in [5.74, 6) is 0.472. The van der Waals surface area contributed by atoms with Gasteiger partial charge in [-0.3, -0.25) is 0 Å². The second kappa shape index (κ2) is 11.0. The molecule has 0 aliphatic heterocycles. The summed E-state index contributed by atoms with van der Waals surface area (Å²) in [6, 6.07) is 22.0. The summed E-state index contributed by atoms with van der Waals surface area (Å²) in [6.45, 7) is 6.77. The van der Waals surface area contributed by atoms with Crippen molar-refractivity contribution in [2.75, 3.05) is 13.1 Å². The summed E-state index contributed by atoms with van der Waals surface area (Å²) >= 11 is 6.13. The summed E-state index contributed by atoms with van der Waals surface area (Å²) in [4.78, 5) is 2.61. The van der Waals surface area contributed by atoms with Crippen LogP contribution in [0.15, 0.2) is 54.6 Å². The summed E-state index contributed by atoms with van der Waals surface area (Å²) in [5.41, 5.74) is 2.17. The monoisotopic (exact) mass is 422 g/mol. The minimum Gasteiger partial charge on any atom is -0.300 e. The van der Waals surface area contributed by atoms with E-state index >= 15 is 0 Å². The van der Waals surface area contributed by atoms with Crippen molar-refractivity contribution in [3.63, 3.8) is 0 Å². The van der Waals surface area contributed by atoms with Gasteiger partial charge in [-0.15, -0.1) is 0 Å². The Balaban J connectivity index is 1.69. The highest BCUT2D eigenvalue weighted by Gasteiger charge is 2.43. The van der Waals surface area contributed by atoms with Crippen molar-refractivity contribution >= 4 is 11.6 Å². The molecule has 2 unspecified atom stereocenters. The van der Waals surface area contributed by atoms with Crippen LogP contribution in [0, 0.1) is 17.2 Å². The van der Waals surface area contributed by atoms with Gasteiger partial charge in [0.25, 0.3) is 0 Å². The molecule has 0 saturated heterocycles. The van der Waals surface area contributed by atoms with E-state index in [0.29, 0.717) is 12.0 Å². The molecule has 30 heavy (non-hydrogen) atoms. The van der Waals surface area contributed by atoms with Crippen molar-refractivity contribution in [1.29, 1.82) is 5.26 Å². The van der Waals surface area contributed by atoms with Crippen LogP contribution in [0.1, 0.15) is 63.5 Å². The molecule has 160 valence electrons. The van der Waals surface area contributed by atoms with Crippen molar-refractivity contribution in [3.8, 4) is 6.07 Å². The average molecular weight is 423 g/mol. The smallest absolute Gasteiger partial charge is 0.0851 e. The van der Waals surface area contributed by atoms with Gasteiger partial charge in [0, 0.05) is 17.6 Å². The molecule has 0 aromatic heterocycles. The fourth-order valence-electron chi connectivity index (χ4n) is 4.82. The van der Waals surface area contributed by atoms with E-state index in [2.05, 4.69) is 67.3 Å². The average Bonchev–Trinajstić information content (AvgIpc) is 2.74. The lowest BCUT2D eigenvalue weighted by atomic mass is 9.60. The van der Waals surface area contributed by atoms with Crippen LogP contribution in [-0.4, -0.2) is 24.0 Å². The standard InChI is InChI=1S/C27H35ClN2/c1-3-19-30(20-17-23-8-5-4-6-9-23)22(2)16-18-27(21-29,24-10-7-11-24)25-12-14-26(28)15-13-25/h4-6,8-9,12-15,22,24H,3,7,10-11,16-20H2,1-2H3. The first kappa shape index (κ1) is 22.9. The number of nitrogens with zero attached hydrogens (tertiary/aromatic N) is 2. The molecule has 0 bridgehead atoms. The lowest BCUT2D eigenvalue weighted by Crippen LogP contribution is -2.41. The molecule has 2 atom stereocenters. The molecular weight excluding hydrogens is 388 g/mol. The van der Waals surface area contributed by atoms with Crippen LogP contribution in [0.4, 0.5) is 0 Å². The number of hydrogen-bond acceptors (Lipinski definition) is 2. The number of rotatable bonds is 11. The van der Waals surface area contributed by atoms with Gasteiger partial charge in [0.15, 0.2) is 0 Å². The molecule has 3 heteroatoms. The maximum atomic E-state index is 10.3. The van der Waals surface area contributed by atoms with Gasteiger partial charge in [-0.2, -0.15) is 5.26 Å². The molecule has 0 spiro atoms. The minimum absolute atomic E-state index is 0.381. The SMILES string of the molecule is CCCN(CCc1ccccc1)C(C)CCC(C#N)(c1ccc(Cl)cc1)C1CCC1. The third-order valence-corrected chi connectivity index (χ3v) is 7.23. The van der Waals surface area contributed by atoms with Crippen molar-refractivity contribution in [1.82, 2.24) is 4.90 Å². The lowest BCUT2D eigenvalue weighted by Gasteiger charge is -2.42. The van der Waals surface area contributed by atoms with Crippen LogP contribution in [0.2, 0.25) is 5.02 Å². The second-order valence-electron chi connectivity index (χ2n) is 8.88. The van der Waals surface area contributed by atoms with Crippen LogP contribution in [0.3, 0.4) is 0 Å². The molecule has 0 heterocycles.